The van der Waals surface area contributed by atoms with Crippen LogP contribution in [0.1, 0.15) is 37.7 Å². The summed E-state index contributed by atoms with van der Waals surface area (Å²) in [5, 5.41) is 2.94. The molecular weight excluding hydrogens is 254 g/mol. The number of carbonyl (C=O) groups excluding carboxylic acids is 1. The predicted octanol–water partition coefficient (Wildman–Crippen LogP) is 2.56. The number of hydrogen-bond acceptors (Lipinski definition) is 3. The molecule has 5 nitrogen and oxygen atoms in total. The molecule has 1 aliphatic rings. The van der Waals surface area contributed by atoms with Gasteiger partial charge in [-0.3, -0.25) is 0 Å². The molecule has 1 fully saturated rings. The van der Waals surface area contributed by atoms with Gasteiger partial charge < -0.3 is 15.0 Å². The predicted molar refractivity (Wildman–Crippen MR) is 77.7 cm³/mol. The quantitative estimate of drug-likeness (QED) is 0.920. The second kappa shape index (κ2) is 7.12. The van der Waals surface area contributed by atoms with E-state index >= 15 is 0 Å². The van der Waals surface area contributed by atoms with Gasteiger partial charge in [-0.2, -0.15) is 0 Å². The Bertz CT molecular complexity index is 444. The summed E-state index contributed by atoms with van der Waals surface area (Å²) in [4.78, 5) is 18.1. The van der Waals surface area contributed by atoms with Crippen LogP contribution in [-0.4, -0.2) is 36.1 Å². The fourth-order valence-electron chi connectivity index (χ4n) is 2.67. The van der Waals surface area contributed by atoms with Crippen LogP contribution in [0.25, 0.3) is 0 Å². The Labute approximate surface area is 120 Å². The second-order valence-electron chi connectivity index (χ2n) is 5.23. The number of carbonyl (C=O) groups is 1. The fraction of sp³-hybridized carbons (Fsp3) is 0.600. The van der Waals surface area contributed by atoms with Gasteiger partial charge in [0, 0.05) is 31.4 Å². The SMILES string of the molecule is COc1ncccc1CNC(=O)N(C)C1CCCCC1. The zero-order valence-corrected chi connectivity index (χ0v) is 12.3. The highest BCUT2D eigenvalue weighted by molar-refractivity contribution is 5.74. The summed E-state index contributed by atoms with van der Waals surface area (Å²) in [6, 6.07) is 4.10. The largest absolute Gasteiger partial charge is 0.481 e. The van der Waals surface area contributed by atoms with E-state index < -0.39 is 0 Å². The van der Waals surface area contributed by atoms with E-state index in [1.807, 2.05) is 24.1 Å². The summed E-state index contributed by atoms with van der Waals surface area (Å²) >= 11 is 0. The van der Waals surface area contributed by atoms with Crippen LogP contribution in [-0.2, 0) is 6.54 Å². The number of urea groups is 1. The third kappa shape index (κ3) is 3.62. The first-order chi connectivity index (χ1) is 9.72. The topological polar surface area (TPSA) is 54.5 Å². The molecule has 0 atom stereocenters. The number of ether oxygens (including phenoxy) is 1. The molecule has 1 saturated carbocycles. The summed E-state index contributed by atoms with van der Waals surface area (Å²) in [5.41, 5.74) is 0.889. The summed E-state index contributed by atoms with van der Waals surface area (Å²) in [5.74, 6) is 0.563. The van der Waals surface area contributed by atoms with Crippen molar-refractivity contribution < 1.29 is 9.53 Å². The molecule has 1 aromatic heterocycles. The molecule has 110 valence electrons. The highest BCUT2D eigenvalue weighted by atomic mass is 16.5. The van der Waals surface area contributed by atoms with E-state index in [9.17, 15) is 4.79 Å². The lowest BCUT2D eigenvalue weighted by molar-refractivity contribution is 0.173. The van der Waals surface area contributed by atoms with Crippen molar-refractivity contribution >= 4 is 6.03 Å². The Hall–Kier alpha value is -1.78. The maximum Gasteiger partial charge on any atom is 0.317 e. The Balaban J connectivity index is 1.87. The van der Waals surface area contributed by atoms with Gasteiger partial charge in [0.05, 0.1) is 7.11 Å². The molecule has 0 unspecified atom stereocenters. The summed E-state index contributed by atoms with van der Waals surface area (Å²) in [7, 11) is 3.47. The zero-order chi connectivity index (χ0) is 14.4. The van der Waals surface area contributed by atoms with Gasteiger partial charge in [0.25, 0.3) is 0 Å². The number of amides is 2. The van der Waals surface area contributed by atoms with Crippen molar-refractivity contribution in [1.82, 2.24) is 15.2 Å². The van der Waals surface area contributed by atoms with Crippen molar-refractivity contribution in [2.75, 3.05) is 14.2 Å². The van der Waals surface area contributed by atoms with Crippen LogP contribution in [0.3, 0.4) is 0 Å². The lowest BCUT2D eigenvalue weighted by atomic mass is 9.95. The molecule has 0 spiro atoms. The molecule has 0 bridgehead atoms. The molecule has 1 heterocycles. The summed E-state index contributed by atoms with van der Waals surface area (Å²) in [6.45, 7) is 0.437. The Morgan fingerprint density at radius 1 is 1.45 bits per heavy atom. The van der Waals surface area contributed by atoms with E-state index in [0.29, 0.717) is 18.5 Å². The van der Waals surface area contributed by atoms with E-state index in [0.717, 1.165) is 18.4 Å². The maximum absolute atomic E-state index is 12.2. The number of pyridine rings is 1. The highest BCUT2D eigenvalue weighted by Gasteiger charge is 2.21. The fourth-order valence-corrected chi connectivity index (χ4v) is 2.67. The van der Waals surface area contributed by atoms with E-state index in [4.69, 9.17) is 4.74 Å². The van der Waals surface area contributed by atoms with Crippen molar-refractivity contribution in [1.29, 1.82) is 0 Å². The third-order valence-corrected chi connectivity index (χ3v) is 3.92. The van der Waals surface area contributed by atoms with Gasteiger partial charge in [-0.25, -0.2) is 9.78 Å². The molecule has 20 heavy (non-hydrogen) atoms. The lowest BCUT2D eigenvalue weighted by Crippen LogP contribution is -2.44. The van der Waals surface area contributed by atoms with Gasteiger partial charge in [0.15, 0.2) is 0 Å². The average molecular weight is 277 g/mol. The smallest absolute Gasteiger partial charge is 0.317 e. The van der Waals surface area contributed by atoms with Crippen LogP contribution in [0.15, 0.2) is 18.3 Å². The lowest BCUT2D eigenvalue weighted by Gasteiger charge is -2.31. The molecule has 1 aliphatic carbocycles. The van der Waals surface area contributed by atoms with Gasteiger partial charge >= 0.3 is 6.03 Å². The molecule has 0 aromatic carbocycles. The number of hydrogen-bond donors (Lipinski definition) is 1. The third-order valence-electron chi connectivity index (χ3n) is 3.92. The maximum atomic E-state index is 12.2. The highest BCUT2D eigenvalue weighted by Crippen LogP contribution is 2.21. The van der Waals surface area contributed by atoms with Crippen molar-refractivity contribution in [3.05, 3.63) is 23.9 Å². The number of aromatic nitrogens is 1. The Morgan fingerprint density at radius 2 is 2.20 bits per heavy atom. The van der Waals surface area contributed by atoms with Crippen molar-refractivity contribution in [2.45, 2.75) is 44.7 Å². The molecule has 2 amide bonds. The zero-order valence-electron chi connectivity index (χ0n) is 12.3. The molecule has 0 aliphatic heterocycles. The summed E-state index contributed by atoms with van der Waals surface area (Å²) < 4.78 is 5.18. The van der Waals surface area contributed by atoms with Crippen LogP contribution >= 0.6 is 0 Å². The van der Waals surface area contributed by atoms with Crippen LogP contribution in [0.5, 0.6) is 5.88 Å². The van der Waals surface area contributed by atoms with Gasteiger partial charge in [-0.05, 0) is 18.9 Å². The molecule has 0 radical (unpaired) electrons. The van der Waals surface area contributed by atoms with Gasteiger partial charge in [-0.1, -0.05) is 25.3 Å². The second-order valence-corrected chi connectivity index (χ2v) is 5.23. The molecular formula is C15H23N3O2. The minimum absolute atomic E-state index is 0.0252. The standard InChI is InChI=1S/C15H23N3O2/c1-18(13-8-4-3-5-9-13)15(19)17-11-12-7-6-10-16-14(12)20-2/h6-7,10,13H,3-5,8-9,11H2,1-2H3,(H,17,19). The Morgan fingerprint density at radius 3 is 2.90 bits per heavy atom. The van der Waals surface area contributed by atoms with Crippen LogP contribution in [0.4, 0.5) is 4.79 Å². The molecule has 1 N–H and O–H groups in total. The Kier molecular flexibility index (Phi) is 5.21. The van der Waals surface area contributed by atoms with Gasteiger partial charge in [0.2, 0.25) is 5.88 Å². The minimum atomic E-state index is -0.0252. The van der Waals surface area contributed by atoms with Gasteiger partial charge in [0.1, 0.15) is 0 Å². The summed E-state index contributed by atoms with van der Waals surface area (Å²) in [6.07, 6.45) is 7.63. The van der Waals surface area contributed by atoms with Crippen molar-refractivity contribution in [3.63, 3.8) is 0 Å². The average Bonchev–Trinajstić information content (AvgIpc) is 2.53. The normalized spacial score (nSPS) is 15.7. The van der Waals surface area contributed by atoms with E-state index in [-0.39, 0.29) is 6.03 Å². The number of methoxy groups -OCH3 is 1. The molecule has 2 rings (SSSR count). The van der Waals surface area contributed by atoms with E-state index in [1.165, 1.54) is 19.3 Å². The van der Waals surface area contributed by atoms with Crippen molar-refractivity contribution in [3.8, 4) is 5.88 Å². The van der Waals surface area contributed by atoms with Crippen molar-refractivity contribution in [2.24, 2.45) is 0 Å². The minimum Gasteiger partial charge on any atom is -0.481 e. The molecule has 0 saturated heterocycles. The van der Waals surface area contributed by atoms with Crippen LogP contribution in [0.2, 0.25) is 0 Å². The first kappa shape index (κ1) is 14.6. The van der Waals surface area contributed by atoms with Crippen LogP contribution in [0, 0.1) is 0 Å². The number of nitrogens with zero attached hydrogens (tertiary/aromatic N) is 2. The number of rotatable bonds is 4. The van der Waals surface area contributed by atoms with E-state index in [1.54, 1.807) is 13.3 Å². The molecule has 1 aromatic rings. The first-order valence-electron chi connectivity index (χ1n) is 7.21. The van der Waals surface area contributed by atoms with Gasteiger partial charge in [-0.15, -0.1) is 0 Å². The monoisotopic (exact) mass is 277 g/mol. The first-order valence-corrected chi connectivity index (χ1v) is 7.21. The molecule has 5 heteroatoms. The van der Waals surface area contributed by atoms with E-state index in [2.05, 4.69) is 10.3 Å². The van der Waals surface area contributed by atoms with Crippen LogP contribution < -0.4 is 10.1 Å². The number of nitrogens with one attached hydrogen (secondary N) is 1.